The Bertz CT molecular complexity index is 425. The van der Waals surface area contributed by atoms with Crippen molar-refractivity contribution < 1.29 is 51.9 Å². The quantitative estimate of drug-likeness (QED) is 0.428. The third kappa shape index (κ3) is 11.7. The smallest absolute Gasteiger partial charge is 0.197 e. The van der Waals surface area contributed by atoms with E-state index >= 15 is 0 Å². The van der Waals surface area contributed by atoms with Crippen LogP contribution >= 0.6 is 0 Å². The first-order valence-electron chi connectivity index (χ1n) is 6.37. The van der Waals surface area contributed by atoms with Crippen molar-refractivity contribution in [1.29, 1.82) is 0 Å². The number of halogens is 3. The summed E-state index contributed by atoms with van der Waals surface area (Å²) in [5.41, 5.74) is 0. The predicted octanol–water partition coefficient (Wildman–Crippen LogP) is -10.4. The summed E-state index contributed by atoms with van der Waals surface area (Å²) in [5.74, 6) is 0. The first kappa shape index (κ1) is 27.1. The molecule has 3 unspecified atom stereocenters. The third-order valence-corrected chi connectivity index (χ3v) is 2.44. The Morgan fingerprint density at radius 2 is 0.792 bits per heavy atom. The Balaban J connectivity index is -0.000000259. The molecule has 9 heteroatoms. The van der Waals surface area contributed by atoms with Crippen molar-refractivity contribution in [3.05, 3.63) is 75.5 Å². The maximum atomic E-state index is 3.82. The molecular weight excluding hydrogens is 371 g/mol. The van der Waals surface area contributed by atoms with Gasteiger partial charge in [0.25, 0.3) is 0 Å². The van der Waals surface area contributed by atoms with Gasteiger partial charge in [-0.2, -0.15) is 0 Å². The topological polar surface area (TPSA) is 50.4 Å². The second-order valence-electron chi connectivity index (χ2n) is 3.89. The van der Waals surface area contributed by atoms with Crippen molar-refractivity contribution in [2.24, 2.45) is 15.0 Å². The summed E-state index contributed by atoms with van der Waals surface area (Å²) < 4.78 is 0. The summed E-state index contributed by atoms with van der Waals surface area (Å²) in [7, 11) is 0. The van der Waals surface area contributed by atoms with E-state index in [1.807, 2.05) is 18.6 Å². The molecule has 132 valence electrons. The van der Waals surface area contributed by atoms with Crippen LogP contribution in [0.5, 0.6) is 0 Å². The number of nitrogens with zero attached hydrogens (tertiary/aromatic N) is 3. The van der Waals surface area contributed by atoms with Crippen molar-refractivity contribution in [3.63, 3.8) is 0 Å². The molecular formula is C15H21Cl3N6. The van der Waals surface area contributed by atoms with Crippen molar-refractivity contribution >= 4 is 19.0 Å². The Kier molecular flexibility index (Phi) is 19.8. The van der Waals surface area contributed by atoms with Crippen LogP contribution in [0.25, 0.3) is 0 Å². The molecule has 3 rings (SSSR count). The van der Waals surface area contributed by atoms with Gasteiger partial charge in [-0.3, -0.25) is 0 Å². The van der Waals surface area contributed by atoms with Crippen LogP contribution in [0.2, 0.25) is 0 Å². The third-order valence-electron chi connectivity index (χ3n) is 2.44. The lowest BCUT2D eigenvalue weighted by atomic mass is 10.8. The van der Waals surface area contributed by atoms with Gasteiger partial charge in [0.05, 0.1) is 37.2 Å². The molecule has 3 N–H and O–H groups in total. The number of aliphatic imine (C=N–C) groups is 3. The molecule has 0 aromatic heterocycles. The summed E-state index contributed by atoms with van der Waals surface area (Å²) >= 11 is 0. The average molecular weight is 392 g/mol. The number of hydrogen-bond donors (Lipinski definition) is 3. The maximum Gasteiger partial charge on any atom is 0.197 e. The van der Waals surface area contributed by atoms with Crippen LogP contribution in [0, 0.1) is 0 Å². The van der Waals surface area contributed by atoms with Gasteiger partial charge in [0.15, 0.2) is 19.0 Å². The SMILES string of the molecule is C=C[NH+]1C=CN=C1.C=C[NH+]1C=CN=C1.C=C[NH+]1C=CN=C1.[Cl-].[Cl-].[Cl-]. The standard InChI is InChI=1S/3C5H6N2.3ClH/c3*1-2-7-4-3-6-5-7;;;/h3*2-5H,1H2;3*1H. The van der Waals surface area contributed by atoms with Crippen LogP contribution < -0.4 is 51.9 Å². The molecule has 0 saturated carbocycles. The Morgan fingerprint density at radius 3 is 0.875 bits per heavy atom. The average Bonchev–Trinajstić information content (AvgIpc) is 3.31. The number of rotatable bonds is 3. The molecule has 3 aliphatic heterocycles. The maximum absolute atomic E-state index is 3.82. The van der Waals surface area contributed by atoms with Gasteiger partial charge in [-0.15, -0.1) is 0 Å². The van der Waals surface area contributed by atoms with Gasteiger partial charge >= 0.3 is 0 Å². The Labute approximate surface area is 161 Å². The minimum Gasteiger partial charge on any atom is -1.00 e. The molecule has 24 heavy (non-hydrogen) atoms. The summed E-state index contributed by atoms with van der Waals surface area (Å²) in [6.07, 6.45) is 21.6. The fourth-order valence-corrected chi connectivity index (χ4v) is 1.27. The van der Waals surface area contributed by atoms with Crippen molar-refractivity contribution in [1.82, 2.24) is 0 Å². The molecule has 6 nitrogen and oxygen atoms in total. The van der Waals surface area contributed by atoms with E-state index in [0.717, 1.165) is 14.7 Å². The van der Waals surface area contributed by atoms with Crippen LogP contribution in [0.4, 0.5) is 0 Å². The Hall–Kier alpha value is -1.80. The Morgan fingerprint density at radius 1 is 0.542 bits per heavy atom. The molecule has 0 spiro atoms. The van der Waals surface area contributed by atoms with E-state index in [4.69, 9.17) is 0 Å². The fraction of sp³-hybridized carbons (Fsp3) is 0. The molecule has 0 bridgehead atoms. The summed E-state index contributed by atoms with van der Waals surface area (Å²) in [6.45, 7) is 10.7. The molecule has 0 saturated heterocycles. The van der Waals surface area contributed by atoms with E-state index in [2.05, 4.69) is 34.7 Å². The molecule has 3 aliphatic rings. The second-order valence-corrected chi connectivity index (χ2v) is 3.89. The molecule has 3 heterocycles. The predicted molar refractivity (Wildman–Crippen MR) is 86.4 cm³/mol. The van der Waals surface area contributed by atoms with E-state index in [1.165, 1.54) is 0 Å². The largest absolute Gasteiger partial charge is 1.00 e. The number of quaternary nitrogens is 3. The van der Waals surface area contributed by atoms with E-state index in [9.17, 15) is 0 Å². The highest BCUT2D eigenvalue weighted by Crippen LogP contribution is 1.69. The van der Waals surface area contributed by atoms with Gasteiger partial charge in [0.1, 0.15) is 18.6 Å². The minimum absolute atomic E-state index is 0. The van der Waals surface area contributed by atoms with Crippen molar-refractivity contribution in [2.45, 2.75) is 0 Å². The normalized spacial score (nSPS) is 22.8. The lowest BCUT2D eigenvalue weighted by molar-refractivity contribution is -0.671. The summed E-state index contributed by atoms with van der Waals surface area (Å²) in [4.78, 5) is 14.7. The second kappa shape index (κ2) is 17.6. The summed E-state index contributed by atoms with van der Waals surface area (Å²) in [5, 5.41) is 0. The van der Waals surface area contributed by atoms with Gasteiger partial charge in [0, 0.05) is 0 Å². The van der Waals surface area contributed by atoms with Crippen LogP contribution in [-0.2, 0) is 0 Å². The molecule has 3 atom stereocenters. The van der Waals surface area contributed by atoms with E-state index in [-0.39, 0.29) is 37.2 Å². The van der Waals surface area contributed by atoms with Gasteiger partial charge in [-0.1, -0.05) is 0 Å². The molecule has 0 amide bonds. The summed E-state index contributed by atoms with van der Waals surface area (Å²) in [6, 6.07) is 0. The molecule has 0 aromatic carbocycles. The molecule has 0 fully saturated rings. The highest BCUT2D eigenvalue weighted by molar-refractivity contribution is 5.48. The fourth-order valence-electron chi connectivity index (χ4n) is 1.27. The highest BCUT2D eigenvalue weighted by Gasteiger charge is 1.96. The van der Waals surface area contributed by atoms with E-state index in [1.54, 1.807) is 56.2 Å². The van der Waals surface area contributed by atoms with Crippen LogP contribution in [-0.4, -0.2) is 19.0 Å². The lowest BCUT2D eigenvalue weighted by Gasteiger charge is -1.89. The number of nitrogens with one attached hydrogen (secondary N) is 3. The highest BCUT2D eigenvalue weighted by atomic mass is 35.5. The van der Waals surface area contributed by atoms with Crippen LogP contribution in [0.15, 0.2) is 90.5 Å². The molecule has 0 radical (unpaired) electrons. The van der Waals surface area contributed by atoms with Gasteiger partial charge in [0.2, 0.25) is 0 Å². The van der Waals surface area contributed by atoms with Crippen molar-refractivity contribution in [2.75, 3.05) is 0 Å². The zero-order valence-electron chi connectivity index (χ0n) is 13.0. The van der Waals surface area contributed by atoms with Crippen LogP contribution in [0.1, 0.15) is 0 Å². The van der Waals surface area contributed by atoms with Gasteiger partial charge in [-0.05, 0) is 19.7 Å². The molecule has 0 aromatic rings. The van der Waals surface area contributed by atoms with E-state index < -0.39 is 0 Å². The van der Waals surface area contributed by atoms with E-state index in [0.29, 0.717) is 0 Å². The first-order chi connectivity index (χ1) is 10.3. The van der Waals surface area contributed by atoms with Crippen molar-refractivity contribution in [3.8, 4) is 0 Å². The zero-order valence-corrected chi connectivity index (χ0v) is 15.3. The lowest BCUT2D eigenvalue weighted by Crippen LogP contribution is -3.00. The molecule has 0 aliphatic carbocycles. The monoisotopic (exact) mass is 390 g/mol. The number of hydrogen-bond acceptors (Lipinski definition) is 3. The van der Waals surface area contributed by atoms with Gasteiger partial charge < -0.3 is 37.2 Å². The first-order valence-corrected chi connectivity index (χ1v) is 6.37. The zero-order chi connectivity index (χ0) is 15.3. The van der Waals surface area contributed by atoms with Crippen LogP contribution in [0.3, 0.4) is 0 Å². The minimum atomic E-state index is 0. The van der Waals surface area contributed by atoms with Gasteiger partial charge in [-0.25, -0.2) is 29.7 Å².